The first kappa shape index (κ1) is 16.5. The van der Waals surface area contributed by atoms with Gasteiger partial charge in [0.05, 0.1) is 6.61 Å². The molecule has 0 amide bonds. The summed E-state index contributed by atoms with van der Waals surface area (Å²) in [7, 11) is 0. The largest absolute Gasteiger partial charge is 0.390 e. The van der Waals surface area contributed by atoms with E-state index in [1.807, 2.05) is 11.8 Å². The maximum Gasteiger partial charge on any atom is 0.0834 e. The third-order valence-electron chi connectivity index (χ3n) is 5.95. The molecule has 3 atom stereocenters. The van der Waals surface area contributed by atoms with Crippen LogP contribution in [-0.4, -0.2) is 46.1 Å². The number of nitrogens with zero attached hydrogens (tertiary/aromatic N) is 1. The van der Waals surface area contributed by atoms with Crippen LogP contribution in [0.2, 0.25) is 0 Å². The van der Waals surface area contributed by atoms with E-state index in [-0.39, 0.29) is 6.61 Å². The second-order valence-corrected chi connectivity index (χ2v) is 8.35. The molecule has 2 heterocycles. The van der Waals surface area contributed by atoms with Crippen molar-refractivity contribution in [3.63, 3.8) is 0 Å². The molecule has 0 saturated carbocycles. The number of likely N-dealkylation sites (tertiary alicyclic amines) is 1. The Labute approximate surface area is 148 Å². The first-order valence-electron chi connectivity index (χ1n) is 9.23. The Hall–Kier alpha value is -0.970. The Bertz CT molecular complexity index is 726. The molecule has 1 unspecified atom stereocenters. The van der Waals surface area contributed by atoms with Crippen LogP contribution >= 0.6 is 11.8 Å². The summed E-state index contributed by atoms with van der Waals surface area (Å²) in [6.45, 7) is 4.83. The molecule has 1 aromatic carbocycles. The summed E-state index contributed by atoms with van der Waals surface area (Å²) in [5.41, 5.74) is 5.12. The van der Waals surface area contributed by atoms with Crippen LogP contribution in [0.5, 0.6) is 0 Å². The molecule has 1 saturated heterocycles. The average molecular weight is 345 g/mol. The number of aromatic amines is 1. The smallest absolute Gasteiger partial charge is 0.0834 e. The first-order chi connectivity index (χ1) is 11.8. The molecular formula is C20H28N2OS. The molecule has 0 radical (unpaired) electrons. The van der Waals surface area contributed by atoms with Crippen LogP contribution in [0.25, 0.3) is 10.9 Å². The van der Waals surface area contributed by atoms with Crippen LogP contribution in [0.1, 0.15) is 42.5 Å². The van der Waals surface area contributed by atoms with Crippen molar-refractivity contribution in [1.29, 1.82) is 0 Å². The number of hydrogen-bond acceptors (Lipinski definition) is 3. The summed E-state index contributed by atoms with van der Waals surface area (Å²) in [6, 6.07) is 7.28. The van der Waals surface area contributed by atoms with Crippen molar-refractivity contribution in [2.75, 3.05) is 25.1 Å². The minimum absolute atomic E-state index is 0.115. The van der Waals surface area contributed by atoms with Gasteiger partial charge < -0.3 is 10.1 Å². The minimum atomic E-state index is 0.115. The van der Waals surface area contributed by atoms with Gasteiger partial charge in [-0.1, -0.05) is 19.1 Å². The molecule has 130 valence electrons. The Balaban J connectivity index is 1.79. The number of hydrogen-bond donors (Lipinski definition) is 2. The molecular weight excluding hydrogens is 316 g/mol. The fourth-order valence-electron chi connectivity index (χ4n) is 5.10. The van der Waals surface area contributed by atoms with Gasteiger partial charge in [0.1, 0.15) is 0 Å². The van der Waals surface area contributed by atoms with Crippen molar-refractivity contribution in [1.82, 2.24) is 9.88 Å². The Morgan fingerprint density at radius 1 is 1.38 bits per heavy atom. The van der Waals surface area contributed by atoms with Crippen molar-refractivity contribution in [3.05, 3.63) is 35.0 Å². The SMILES string of the molecule is CCCN1C[C@H](CSC)CC2c3cccc4[nH]c(CO)c(c34)C[C@H]21. The number of aromatic nitrogens is 1. The van der Waals surface area contributed by atoms with Gasteiger partial charge in [0.15, 0.2) is 0 Å². The normalized spacial score (nSPS) is 26.7. The molecule has 4 rings (SSSR count). The summed E-state index contributed by atoms with van der Waals surface area (Å²) in [5, 5.41) is 11.2. The summed E-state index contributed by atoms with van der Waals surface area (Å²) in [6.07, 6.45) is 5.84. The number of nitrogens with one attached hydrogen (secondary N) is 1. The number of aliphatic hydroxyl groups is 1. The highest BCUT2D eigenvalue weighted by Crippen LogP contribution is 2.46. The molecule has 3 nitrogen and oxygen atoms in total. The van der Waals surface area contributed by atoms with E-state index in [1.165, 1.54) is 53.7 Å². The van der Waals surface area contributed by atoms with Crippen LogP contribution in [-0.2, 0) is 13.0 Å². The van der Waals surface area contributed by atoms with Gasteiger partial charge in [-0.15, -0.1) is 0 Å². The van der Waals surface area contributed by atoms with Crippen LogP contribution in [0.3, 0.4) is 0 Å². The van der Waals surface area contributed by atoms with E-state index >= 15 is 0 Å². The highest BCUT2D eigenvalue weighted by molar-refractivity contribution is 7.98. The van der Waals surface area contributed by atoms with E-state index in [0.29, 0.717) is 12.0 Å². The maximum atomic E-state index is 9.80. The second-order valence-electron chi connectivity index (χ2n) is 7.44. The molecule has 2 aromatic rings. The van der Waals surface area contributed by atoms with Gasteiger partial charge in [-0.2, -0.15) is 11.8 Å². The van der Waals surface area contributed by atoms with E-state index in [4.69, 9.17) is 0 Å². The fourth-order valence-corrected chi connectivity index (χ4v) is 5.81. The van der Waals surface area contributed by atoms with Crippen LogP contribution < -0.4 is 0 Å². The predicted octanol–water partition coefficient (Wildman–Crippen LogP) is 3.76. The number of rotatable bonds is 5. The van der Waals surface area contributed by atoms with Gasteiger partial charge in [0.25, 0.3) is 0 Å². The summed E-state index contributed by atoms with van der Waals surface area (Å²) in [5.74, 6) is 2.70. The van der Waals surface area contributed by atoms with Gasteiger partial charge in [-0.05, 0) is 60.9 Å². The Morgan fingerprint density at radius 2 is 2.25 bits per heavy atom. The lowest BCUT2D eigenvalue weighted by atomic mass is 9.72. The molecule has 2 N–H and O–H groups in total. The fraction of sp³-hybridized carbons (Fsp3) is 0.600. The minimum Gasteiger partial charge on any atom is -0.390 e. The summed E-state index contributed by atoms with van der Waals surface area (Å²) < 4.78 is 0. The third-order valence-corrected chi connectivity index (χ3v) is 6.75. The van der Waals surface area contributed by atoms with E-state index in [1.54, 1.807) is 0 Å². The van der Waals surface area contributed by atoms with Crippen molar-refractivity contribution in [2.45, 2.75) is 44.8 Å². The number of benzene rings is 1. The van der Waals surface area contributed by atoms with Crippen LogP contribution in [0.15, 0.2) is 18.2 Å². The molecule has 0 spiro atoms. The number of H-pyrrole nitrogens is 1. The molecule has 1 aromatic heterocycles. The Morgan fingerprint density at radius 3 is 3.00 bits per heavy atom. The van der Waals surface area contributed by atoms with E-state index in [0.717, 1.165) is 18.0 Å². The van der Waals surface area contributed by atoms with Crippen molar-refractivity contribution < 1.29 is 5.11 Å². The zero-order valence-corrected chi connectivity index (χ0v) is 15.5. The number of aliphatic hydroxyl groups excluding tert-OH is 1. The van der Waals surface area contributed by atoms with Gasteiger partial charge in [0, 0.05) is 35.1 Å². The molecule has 1 aliphatic carbocycles. The number of thioether (sulfide) groups is 1. The van der Waals surface area contributed by atoms with Crippen molar-refractivity contribution >= 4 is 22.7 Å². The molecule has 2 aliphatic rings. The van der Waals surface area contributed by atoms with Crippen molar-refractivity contribution in [2.24, 2.45) is 5.92 Å². The monoisotopic (exact) mass is 344 g/mol. The summed E-state index contributed by atoms with van der Waals surface area (Å²) >= 11 is 1.99. The predicted molar refractivity (Wildman–Crippen MR) is 103 cm³/mol. The Kier molecular flexibility index (Phi) is 4.63. The van der Waals surface area contributed by atoms with Crippen LogP contribution in [0.4, 0.5) is 0 Å². The lowest BCUT2D eigenvalue weighted by Crippen LogP contribution is -2.50. The zero-order chi connectivity index (χ0) is 16.7. The standard InChI is InChI=1S/C20H28N2OS/c1-3-7-22-10-13(12-24-2)8-15-14-5-4-6-17-20(14)16(9-19(15)22)18(11-23)21-17/h4-6,13,15,19,21,23H,3,7-12H2,1-2H3/t13-,15?,19-/m1/s1. The quantitative estimate of drug-likeness (QED) is 0.867. The second kappa shape index (κ2) is 6.74. The van der Waals surface area contributed by atoms with Gasteiger partial charge in [-0.3, -0.25) is 4.90 Å². The van der Waals surface area contributed by atoms with Crippen molar-refractivity contribution in [3.8, 4) is 0 Å². The van der Waals surface area contributed by atoms with Gasteiger partial charge in [-0.25, -0.2) is 0 Å². The van der Waals surface area contributed by atoms with Gasteiger partial charge >= 0.3 is 0 Å². The van der Waals surface area contributed by atoms with Crippen LogP contribution in [0, 0.1) is 5.92 Å². The van der Waals surface area contributed by atoms with E-state index < -0.39 is 0 Å². The van der Waals surface area contributed by atoms with E-state index in [9.17, 15) is 5.11 Å². The maximum absolute atomic E-state index is 9.80. The third kappa shape index (κ3) is 2.59. The molecule has 1 fully saturated rings. The number of fused-ring (bicyclic) bond motifs is 2. The molecule has 0 bridgehead atoms. The first-order valence-corrected chi connectivity index (χ1v) is 10.6. The molecule has 1 aliphatic heterocycles. The molecule has 24 heavy (non-hydrogen) atoms. The topological polar surface area (TPSA) is 39.3 Å². The highest BCUT2D eigenvalue weighted by atomic mass is 32.2. The average Bonchev–Trinajstić information content (AvgIpc) is 2.96. The molecule has 4 heteroatoms. The highest BCUT2D eigenvalue weighted by Gasteiger charge is 2.40. The lowest BCUT2D eigenvalue weighted by Gasteiger charge is -2.47. The van der Waals surface area contributed by atoms with Gasteiger partial charge in [0.2, 0.25) is 0 Å². The number of piperidine rings is 1. The van der Waals surface area contributed by atoms with E-state index in [2.05, 4.69) is 41.3 Å². The summed E-state index contributed by atoms with van der Waals surface area (Å²) in [4.78, 5) is 6.21. The lowest BCUT2D eigenvalue weighted by molar-refractivity contribution is 0.0922. The zero-order valence-electron chi connectivity index (χ0n) is 14.7.